The monoisotopic (exact) mass is 392 g/mol. The molecule has 29 heavy (non-hydrogen) atoms. The lowest BCUT2D eigenvalue weighted by Gasteiger charge is -2.19. The molecular formula is C22H20N2O5. The number of aromatic nitrogens is 1. The summed E-state index contributed by atoms with van der Waals surface area (Å²) < 4.78 is 16.4. The fourth-order valence-corrected chi connectivity index (χ4v) is 3.12. The van der Waals surface area contributed by atoms with E-state index in [0.29, 0.717) is 52.6 Å². The van der Waals surface area contributed by atoms with Crippen LogP contribution in [0.3, 0.4) is 0 Å². The molecule has 7 nitrogen and oxygen atoms in total. The number of aryl methyl sites for hydroxylation is 1. The van der Waals surface area contributed by atoms with Crippen molar-refractivity contribution >= 4 is 28.5 Å². The van der Waals surface area contributed by atoms with Gasteiger partial charge in [-0.05, 0) is 38.1 Å². The van der Waals surface area contributed by atoms with Crippen LogP contribution in [0.25, 0.3) is 10.9 Å². The summed E-state index contributed by atoms with van der Waals surface area (Å²) in [5.41, 5.74) is 2.32. The molecule has 0 spiro atoms. The highest BCUT2D eigenvalue weighted by Gasteiger charge is 2.22. The number of amides is 1. The summed E-state index contributed by atoms with van der Waals surface area (Å²) in [5, 5.41) is 3.42. The number of anilines is 1. The number of benzene rings is 2. The second-order valence-corrected chi connectivity index (χ2v) is 6.72. The van der Waals surface area contributed by atoms with Gasteiger partial charge >= 0.3 is 5.97 Å². The summed E-state index contributed by atoms with van der Waals surface area (Å²) in [6.07, 6.45) is -0.983. The van der Waals surface area contributed by atoms with Crippen molar-refractivity contribution in [3.05, 3.63) is 59.8 Å². The topological polar surface area (TPSA) is 86.8 Å². The van der Waals surface area contributed by atoms with Crippen LogP contribution in [-0.2, 0) is 9.53 Å². The maximum atomic E-state index is 12.7. The van der Waals surface area contributed by atoms with Crippen LogP contribution in [0.2, 0.25) is 0 Å². The Morgan fingerprint density at radius 3 is 2.66 bits per heavy atom. The van der Waals surface area contributed by atoms with Gasteiger partial charge in [0.1, 0.15) is 13.2 Å². The molecular weight excluding hydrogens is 372 g/mol. The van der Waals surface area contributed by atoms with E-state index in [2.05, 4.69) is 10.3 Å². The second kappa shape index (κ2) is 7.79. The Bertz CT molecular complexity index is 1100. The molecule has 0 radical (unpaired) electrons. The van der Waals surface area contributed by atoms with E-state index in [-0.39, 0.29) is 0 Å². The van der Waals surface area contributed by atoms with Crippen LogP contribution < -0.4 is 14.8 Å². The van der Waals surface area contributed by atoms with E-state index in [1.165, 1.54) is 6.92 Å². The number of nitrogens with one attached hydrogen (secondary N) is 1. The summed E-state index contributed by atoms with van der Waals surface area (Å²) >= 11 is 0. The van der Waals surface area contributed by atoms with Gasteiger partial charge in [0.2, 0.25) is 0 Å². The van der Waals surface area contributed by atoms with E-state index >= 15 is 0 Å². The number of carbonyl (C=O) groups excluding carboxylic acids is 2. The first-order chi connectivity index (χ1) is 14.0. The summed E-state index contributed by atoms with van der Waals surface area (Å²) in [6, 6.07) is 14.1. The van der Waals surface area contributed by atoms with E-state index in [0.717, 1.165) is 0 Å². The zero-order valence-corrected chi connectivity index (χ0v) is 16.1. The molecule has 0 saturated heterocycles. The number of esters is 1. The Morgan fingerprint density at radius 1 is 1.07 bits per heavy atom. The molecule has 2 aromatic carbocycles. The van der Waals surface area contributed by atoms with Gasteiger partial charge in [-0.15, -0.1) is 0 Å². The number of nitrogens with zero attached hydrogens (tertiary/aromatic N) is 1. The lowest BCUT2D eigenvalue weighted by atomic mass is 10.1. The molecule has 0 saturated carbocycles. The molecule has 1 aliphatic rings. The Balaban J connectivity index is 1.47. The number of ether oxygens (including phenoxy) is 3. The van der Waals surface area contributed by atoms with Crippen LogP contribution in [0.5, 0.6) is 11.5 Å². The van der Waals surface area contributed by atoms with Crippen molar-refractivity contribution < 1.29 is 23.8 Å². The van der Waals surface area contributed by atoms with Gasteiger partial charge < -0.3 is 19.5 Å². The SMILES string of the molecule is Cc1cc(C(=O)OC(C)C(=O)Nc2ccc3c(c2)OCCO3)c2ccccc2n1. The number of carbonyl (C=O) groups is 2. The minimum absolute atomic E-state index is 0.382. The van der Waals surface area contributed by atoms with Gasteiger partial charge in [0.15, 0.2) is 17.6 Å². The predicted octanol–water partition coefficient (Wildman–Crippen LogP) is 3.50. The van der Waals surface area contributed by atoms with Crippen LogP contribution in [0.15, 0.2) is 48.5 Å². The predicted molar refractivity (Wildman–Crippen MR) is 107 cm³/mol. The fraction of sp³-hybridized carbons (Fsp3) is 0.227. The highest BCUT2D eigenvalue weighted by Crippen LogP contribution is 2.32. The molecule has 4 rings (SSSR count). The summed E-state index contributed by atoms with van der Waals surface area (Å²) in [4.78, 5) is 29.6. The standard InChI is InChI=1S/C22H20N2O5/c1-13-11-17(16-5-3-4-6-18(16)23-13)22(26)29-14(2)21(25)24-15-7-8-19-20(12-15)28-10-9-27-19/h3-8,11-12,14H,9-10H2,1-2H3,(H,24,25). The minimum Gasteiger partial charge on any atom is -0.486 e. The average Bonchev–Trinajstić information content (AvgIpc) is 2.72. The minimum atomic E-state index is -0.983. The van der Waals surface area contributed by atoms with E-state index in [1.807, 2.05) is 18.2 Å². The Labute approximate surface area is 167 Å². The molecule has 3 aromatic rings. The fourth-order valence-electron chi connectivity index (χ4n) is 3.12. The van der Waals surface area contributed by atoms with Gasteiger partial charge in [0.25, 0.3) is 5.91 Å². The van der Waals surface area contributed by atoms with E-state index < -0.39 is 18.0 Å². The Kier molecular flexibility index (Phi) is 5.03. The smallest absolute Gasteiger partial charge is 0.339 e. The first-order valence-corrected chi connectivity index (χ1v) is 9.29. The third-order valence-electron chi connectivity index (χ3n) is 4.53. The van der Waals surface area contributed by atoms with Crippen LogP contribution in [-0.4, -0.2) is 36.2 Å². The molecule has 1 aromatic heterocycles. The molecule has 1 aliphatic heterocycles. The molecule has 1 N–H and O–H groups in total. The highest BCUT2D eigenvalue weighted by atomic mass is 16.6. The largest absolute Gasteiger partial charge is 0.486 e. The third kappa shape index (κ3) is 3.99. The zero-order chi connectivity index (χ0) is 20.4. The van der Waals surface area contributed by atoms with Gasteiger partial charge in [-0.2, -0.15) is 0 Å². The van der Waals surface area contributed by atoms with Gasteiger partial charge in [-0.25, -0.2) is 4.79 Å². The molecule has 1 atom stereocenters. The first-order valence-electron chi connectivity index (χ1n) is 9.29. The van der Waals surface area contributed by atoms with Crippen molar-refractivity contribution in [1.29, 1.82) is 0 Å². The van der Waals surface area contributed by atoms with Gasteiger partial charge in [0.05, 0.1) is 11.1 Å². The first kappa shape index (κ1) is 18.7. The van der Waals surface area contributed by atoms with Crippen molar-refractivity contribution in [2.24, 2.45) is 0 Å². The maximum Gasteiger partial charge on any atom is 0.339 e. The van der Waals surface area contributed by atoms with Crippen LogP contribution in [0, 0.1) is 6.92 Å². The second-order valence-electron chi connectivity index (χ2n) is 6.72. The zero-order valence-electron chi connectivity index (χ0n) is 16.1. The van der Waals surface area contributed by atoms with Gasteiger partial charge in [-0.3, -0.25) is 9.78 Å². The number of fused-ring (bicyclic) bond motifs is 2. The van der Waals surface area contributed by atoms with E-state index in [1.54, 1.807) is 37.3 Å². The van der Waals surface area contributed by atoms with Crippen molar-refractivity contribution in [2.45, 2.75) is 20.0 Å². The Morgan fingerprint density at radius 2 is 1.83 bits per heavy atom. The molecule has 1 amide bonds. The van der Waals surface area contributed by atoms with Crippen LogP contribution in [0.1, 0.15) is 23.0 Å². The molecule has 0 fully saturated rings. The lowest BCUT2D eigenvalue weighted by molar-refractivity contribution is -0.123. The molecule has 148 valence electrons. The van der Waals surface area contributed by atoms with E-state index in [4.69, 9.17) is 14.2 Å². The quantitative estimate of drug-likeness (QED) is 0.684. The summed E-state index contributed by atoms with van der Waals surface area (Å²) in [7, 11) is 0. The van der Waals surface area contributed by atoms with Crippen molar-refractivity contribution in [1.82, 2.24) is 4.98 Å². The third-order valence-corrected chi connectivity index (χ3v) is 4.53. The summed E-state index contributed by atoms with van der Waals surface area (Å²) in [5.74, 6) is 0.188. The van der Waals surface area contributed by atoms with Crippen LogP contribution >= 0.6 is 0 Å². The summed E-state index contributed by atoms with van der Waals surface area (Å²) in [6.45, 7) is 4.29. The van der Waals surface area contributed by atoms with Gasteiger partial charge in [-0.1, -0.05) is 18.2 Å². The van der Waals surface area contributed by atoms with Gasteiger partial charge in [0, 0.05) is 22.8 Å². The average molecular weight is 392 g/mol. The molecule has 2 heterocycles. The number of rotatable bonds is 4. The number of hydrogen-bond acceptors (Lipinski definition) is 6. The van der Waals surface area contributed by atoms with Crippen molar-refractivity contribution in [3.8, 4) is 11.5 Å². The highest BCUT2D eigenvalue weighted by molar-refractivity contribution is 6.05. The molecule has 7 heteroatoms. The maximum absolute atomic E-state index is 12.7. The molecule has 0 bridgehead atoms. The number of pyridine rings is 1. The van der Waals surface area contributed by atoms with E-state index in [9.17, 15) is 9.59 Å². The molecule has 1 unspecified atom stereocenters. The normalized spacial score (nSPS) is 13.6. The number of hydrogen-bond donors (Lipinski definition) is 1. The molecule has 0 aliphatic carbocycles. The number of para-hydroxylation sites is 1. The van der Waals surface area contributed by atoms with Crippen LogP contribution in [0.4, 0.5) is 5.69 Å². The Hall–Kier alpha value is -3.61. The van der Waals surface area contributed by atoms with Crippen molar-refractivity contribution in [2.75, 3.05) is 18.5 Å². The lowest BCUT2D eigenvalue weighted by Crippen LogP contribution is -2.30. The van der Waals surface area contributed by atoms with Crippen molar-refractivity contribution in [3.63, 3.8) is 0 Å².